The highest BCUT2D eigenvalue weighted by Crippen LogP contribution is 2.46. The van der Waals surface area contributed by atoms with Crippen LogP contribution in [-0.2, 0) is 12.8 Å². The summed E-state index contributed by atoms with van der Waals surface area (Å²) in [5, 5.41) is 40.8. The zero-order valence-corrected chi connectivity index (χ0v) is 16.2. The maximum absolute atomic E-state index is 13.0. The smallest absolute Gasteiger partial charge is 0.170 e. The Labute approximate surface area is 173 Å². The van der Waals surface area contributed by atoms with Crippen molar-refractivity contribution in [2.75, 3.05) is 0 Å². The fourth-order valence-electron chi connectivity index (χ4n) is 3.77. The first-order valence-electron chi connectivity index (χ1n) is 9.72. The highest BCUT2D eigenvalue weighted by atomic mass is 16.5. The molecule has 0 unspecified atom stereocenters. The molecular weight excluding hydrogens is 384 g/mol. The van der Waals surface area contributed by atoms with Gasteiger partial charge in [0.2, 0.25) is 0 Å². The molecule has 4 N–H and O–H groups in total. The van der Waals surface area contributed by atoms with Crippen molar-refractivity contribution >= 4 is 5.78 Å². The van der Waals surface area contributed by atoms with Gasteiger partial charge >= 0.3 is 0 Å². The predicted molar refractivity (Wildman–Crippen MR) is 110 cm³/mol. The number of benzene rings is 3. The molecule has 1 aliphatic rings. The Bertz CT molecular complexity index is 1060. The van der Waals surface area contributed by atoms with Gasteiger partial charge in [0.05, 0.1) is 6.10 Å². The van der Waals surface area contributed by atoms with Crippen LogP contribution in [-0.4, -0.2) is 32.3 Å². The van der Waals surface area contributed by atoms with Gasteiger partial charge in [-0.05, 0) is 29.7 Å². The summed E-state index contributed by atoms with van der Waals surface area (Å²) in [6, 6.07) is 16.8. The Morgan fingerprint density at radius 2 is 1.67 bits per heavy atom. The van der Waals surface area contributed by atoms with Gasteiger partial charge in [-0.1, -0.05) is 42.5 Å². The van der Waals surface area contributed by atoms with Gasteiger partial charge in [-0.25, -0.2) is 0 Å². The summed E-state index contributed by atoms with van der Waals surface area (Å²) >= 11 is 0. The Kier molecular flexibility index (Phi) is 5.33. The largest absolute Gasteiger partial charge is 0.508 e. The van der Waals surface area contributed by atoms with Crippen molar-refractivity contribution in [2.45, 2.75) is 31.5 Å². The molecule has 0 aliphatic carbocycles. The molecule has 3 aromatic carbocycles. The second-order valence-electron chi connectivity index (χ2n) is 7.41. The number of aliphatic hydroxyl groups excluding tert-OH is 1. The molecule has 0 amide bonds. The van der Waals surface area contributed by atoms with Gasteiger partial charge in [0.15, 0.2) is 5.78 Å². The molecule has 6 nitrogen and oxygen atoms in total. The summed E-state index contributed by atoms with van der Waals surface area (Å²) in [4.78, 5) is 13.0. The number of hydrogen-bond donors (Lipinski definition) is 4. The minimum absolute atomic E-state index is 0.00871. The van der Waals surface area contributed by atoms with Crippen molar-refractivity contribution < 1.29 is 30.0 Å². The van der Waals surface area contributed by atoms with Crippen LogP contribution >= 0.6 is 0 Å². The number of hydrogen-bond acceptors (Lipinski definition) is 6. The van der Waals surface area contributed by atoms with Crippen LogP contribution < -0.4 is 4.74 Å². The van der Waals surface area contributed by atoms with Crippen molar-refractivity contribution in [1.82, 2.24) is 0 Å². The molecule has 2 atom stereocenters. The third-order valence-corrected chi connectivity index (χ3v) is 5.33. The SMILES string of the molecule is O=C(CCc1ccccc1)c1c(O)cc(O)c2c1O[C@H](c1ccc(O)cc1)[C@@H](O)C2. The summed E-state index contributed by atoms with van der Waals surface area (Å²) in [5.41, 5.74) is 1.90. The van der Waals surface area contributed by atoms with E-state index in [-0.39, 0.29) is 47.2 Å². The Morgan fingerprint density at radius 3 is 2.37 bits per heavy atom. The zero-order chi connectivity index (χ0) is 21.3. The molecule has 30 heavy (non-hydrogen) atoms. The zero-order valence-electron chi connectivity index (χ0n) is 16.2. The van der Waals surface area contributed by atoms with E-state index in [2.05, 4.69) is 0 Å². The Morgan fingerprint density at radius 1 is 0.967 bits per heavy atom. The topological polar surface area (TPSA) is 107 Å². The number of phenolic OH excluding ortho intramolecular Hbond substituents is 3. The lowest BCUT2D eigenvalue weighted by Crippen LogP contribution is -2.31. The minimum Gasteiger partial charge on any atom is -0.508 e. The van der Waals surface area contributed by atoms with E-state index in [0.717, 1.165) is 11.6 Å². The number of Topliss-reactive ketones (excluding diaryl/α,β-unsaturated/α-hetero) is 1. The van der Waals surface area contributed by atoms with E-state index in [9.17, 15) is 25.2 Å². The molecule has 3 aromatic rings. The first-order chi connectivity index (χ1) is 14.4. The molecule has 0 aromatic heterocycles. The molecule has 0 saturated heterocycles. The molecule has 1 heterocycles. The predicted octanol–water partition coefficient (Wildman–Crippen LogP) is 3.66. The number of phenols is 3. The van der Waals surface area contributed by atoms with Crippen molar-refractivity contribution in [3.05, 3.63) is 82.9 Å². The van der Waals surface area contributed by atoms with E-state index >= 15 is 0 Å². The minimum atomic E-state index is -0.968. The third-order valence-electron chi connectivity index (χ3n) is 5.33. The van der Waals surface area contributed by atoms with Gasteiger partial charge in [0.25, 0.3) is 0 Å². The molecular formula is C24H22O6. The van der Waals surface area contributed by atoms with E-state index in [0.29, 0.717) is 17.5 Å². The molecule has 0 spiro atoms. The lowest BCUT2D eigenvalue weighted by molar-refractivity contribution is 0.0190. The van der Waals surface area contributed by atoms with Crippen LogP contribution in [0.2, 0.25) is 0 Å². The average Bonchev–Trinajstić information content (AvgIpc) is 2.74. The fourth-order valence-corrected chi connectivity index (χ4v) is 3.77. The highest BCUT2D eigenvalue weighted by Gasteiger charge is 2.35. The Hall–Kier alpha value is -3.51. The van der Waals surface area contributed by atoms with E-state index < -0.39 is 12.2 Å². The maximum atomic E-state index is 13.0. The number of ether oxygens (including phenoxy) is 1. The van der Waals surface area contributed by atoms with E-state index in [1.807, 2.05) is 30.3 Å². The number of aliphatic hydroxyl groups is 1. The number of fused-ring (bicyclic) bond motifs is 1. The second kappa shape index (κ2) is 8.08. The molecule has 0 fully saturated rings. The van der Waals surface area contributed by atoms with Crippen molar-refractivity contribution in [3.8, 4) is 23.0 Å². The van der Waals surface area contributed by atoms with E-state index in [1.54, 1.807) is 12.1 Å². The van der Waals surface area contributed by atoms with Gasteiger partial charge in [-0.2, -0.15) is 0 Å². The van der Waals surface area contributed by atoms with Crippen LogP contribution in [0.4, 0.5) is 0 Å². The summed E-state index contributed by atoms with van der Waals surface area (Å²) in [6.07, 6.45) is -1.06. The van der Waals surface area contributed by atoms with Crippen molar-refractivity contribution in [2.24, 2.45) is 0 Å². The normalized spacial score (nSPS) is 17.8. The van der Waals surface area contributed by atoms with Crippen LogP contribution in [0.15, 0.2) is 60.7 Å². The molecule has 0 saturated carbocycles. The number of ketones is 1. The second-order valence-corrected chi connectivity index (χ2v) is 7.41. The standard InChI is InChI=1S/C24H22O6/c25-16-9-7-15(8-10-16)23-21(29)12-17-19(27)13-20(28)22(24(17)30-23)18(26)11-6-14-4-2-1-3-5-14/h1-5,7-10,13,21,23,25,27-29H,6,11-12H2/t21-,23+/m0/s1. The van der Waals surface area contributed by atoms with Crippen LogP contribution in [0.1, 0.15) is 39.6 Å². The quantitative estimate of drug-likeness (QED) is 0.482. The average molecular weight is 406 g/mol. The third kappa shape index (κ3) is 3.82. The number of aromatic hydroxyl groups is 3. The van der Waals surface area contributed by atoms with Crippen LogP contribution in [0, 0.1) is 0 Å². The Balaban J connectivity index is 1.67. The van der Waals surface area contributed by atoms with Gasteiger partial charge < -0.3 is 25.2 Å². The number of rotatable bonds is 5. The molecule has 1 aliphatic heterocycles. The number of carbonyl (C=O) groups excluding carboxylic acids is 1. The molecule has 154 valence electrons. The lowest BCUT2D eigenvalue weighted by atomic mass is 9.90. The first-order valence-corrected chi connectivity index (χ1v) is 9.72. The van der Waals surface area contributed by atoms with E-state index in [1.165, 1.54) is 12.1 Å². The van der Waals surface area contributed by atoms with Gasteiger partial charge in [0.1, 0.15) is 34.7 Å². The number of aryl methyl sites for hydroxylation is 1. The molecule has 0 radical (unpaired) electrons. The van der Waals surface area contributed by atoms with E-state index in [4.69, 9.17) is 4.74 Å². The van der Waals surface area contributed by atoms with Crippen molar-refractivity contribution in [3.63, 3.8) is 0 Å². The summed E-state index contributed by atoms with van der Waals surface area (Å²) in [6.45, 7) is 0. The van der Waals surface area contributed by atoms with Gasteiger partial charge in [-0.15, -0.1) is 0 Å². The molecule has 6 heteroatoms. The van der Waals surface area contributed by atoms with Crippen molar-refractivity contribution in [1.29, 1.82) is 0 Å². The lowest BCUT2D eigenvalue weighted by Gasteiger charge is -2.32. The highest BCUT2D eigenvalue weighted by molar-refractivity contribution is 6.02. The first kappa shape index (κ1) is 19.8. The summed E-state index contributed by atoms with van der Waals surface area (Å²) < 4.78 is 5.96. The maximum Gasteiger partial charge on any atom is 0.170 e. The van der Waals surface area contributed by atoms with Crippen LogP contribution in [0.3, 0.4) is 0 Å². The van der Waals surface area contributed by atoms with Gasteiger partial charge in [-0.3, -0.25) is 4.79 Å². The fraction of sp³-hybridized carbons (Fsp3) is 0.208. The number of carbonyl (C=O) groups is 1. The monoisotopic (exact) mass is 406 g/mol. The molecule has 0 bridgehead atoms. The summed E-state index contributed by atoms with van der Waals surface area (Å²) in [7, 11) is 0. The summed E-state index contributed by atoms with van der Waals surface area (Å²) in [5.74, 6) is -0.727. The molecule has 4 rings (SSSR count). The van der Waals surface area contributed by atoms with Crippen LogP contribution in [0.5, 0.6) is 23.0 Å². The van der Waals surface area contributed by atoms with Gasteiger partial charge in [0, 0.05) is 24.5 Å². The van der Waals surface area contributed by atoms with Crippen LogP contribution in [0.25, 0.3) is 0 Å².